The second-order valence-corrected chi connectivity index (χ2v) is 4.50. The molecule has 90 valence electrons. The molecule has 0 amide bonds. The van der Waals surface area contributed by atoms with Gasteiger partial charge in [-0.15, -0.1) is 0 Å². The normalized spacial score (nSPS) is 10.5. The third-order valence-electron chi connectivity index (χ3n) is 2.93. The van der Waals surface area contributed by atoms with E-state index in [0.29, 0.717) is 6.61 Å². The molecule has 0 aliphatic rings. The average molecular weight is 221 g/mol. The van der Waals surface area contributed by atoms with Gasteiger partial charge in [0, 0.05) is 25.9 Å². The van der Waals surface area contributed by atoms with E-state index < -0.39 is 0 Å². The number of aryl methyl sites for hydroxylation is 2. The van der Waals surface area contributed by atoms with Gasteiger partial charge in [0.2, 0.25) is 0 Å². The van der Waals surface area contributed by atoms with E-state index >= 15 is 0 Å². The first kappa shape index (κ1) is 13.0. The molecule has 0 saturated heterocycles. The molecule has 0 atom stereocenters. The fourth-order valence-corrected chi connectivity index (χ4v) is 1.89. The highest BCUT2D eigenvalue weighted by molar-refractivity contribution is 5.54. The largest absolute Gasteiger partial charge is 0.396 e. The van der Waals surface area contributed by atoms with Gasteiger partial charge in [0.05, 0.1) is 0 Å². The number of aliphatic hydroxyl groups excluding tert-OH is 1. The van der Waals surface area contributed by atoms with Crippen molar-refractivity contribution in [3.63, 3.8) is 0 Å². The van der Waals surface area contributed by atoms with Gasteiger partial charge in [0.25, 0.3) is 0 Å². The summed E-state index contributed by atoms with van der Waals surface area (Å²) in [6.07, 6.45) is 3.16. The lowest BCUT2D eigenvalue weighted by atomic mass is 10.1. The number of hydrogen-bond donors (Lipinski definition) is 1. The number of anilines is 1. The number of rotatable bonds is 6. The zero-order valence-electron chi connectivity index (χ0n) is 10.7. The van der Waals surface area contributed by atoms with Crippen LogP contribution < -0.4 is 4.90 Å². The predicted octanol–water partition coefficient (Wildman–Crippen LogP) is 2.90. The van der Waals surface area contributed by atoms with E-state index in [1.54, 1.807) is 0 Å². The van der Waals surface area contributed by atoms with E-state index in [1.165, 1.54) is 16.8 Å². The molecule has 0 heterocycles. The Morgan fingerprint density at radius 3 is 2.56 bits per heavy atom. The molecule has 0 saturated carbocycles. The first-order chi connectivity index (χ1) is 7.65. The summed E-state index contributed by atoms with van der Waals surface area (Å²) >= 11 is 0. The van der Waals surface area contributed by atoms with Crippen LogP contribution in [0.4, 0.5) is 5.69 Å². The molecule has 0 spiro atoms. The van der Waals surface area contributed by atoms with E-state index in [2.05, 4.69) is 44.0 Å². The molecule has 16 heavy (non-hydrogen) atoms. The van der Waals surface area contributed by atoms with Gasteiger partial charge in [-0.2, -0.15) is 0 Å². The van der Waals surface area contributed by atoms with Crippen molar-refractivity contribution in [1.29, 1.82) is 0 Å². The highest BCUT2D eigenvalue weighted by Gasteiger charge is 2.04. The SMILES string of the molecule is Cc1ccc(C)c(N(C)CCCCCO)c1. The summed E-state index contributed by atoms with van der Waals surface area (Å²) in [5.74, 6) is 0. The van der Waals surface area contributed by atoms with Crippen LogP contribution in [0.2, 0.25) is 0 Å². The third-order valence-corrected chi connectivity index (χ3v) is 2.93. The highest BCUT2D eigenvalue weighted by atomic mass is 16.2. The predicted molar refractivity (Wildman–Crippen MR) is 70.1 cm³/mol. The van der Waals surface area contributed by atoms with Gasteiger partial charge >= 0.3 is 0 Å². The molecule has 1 rings (SSSR count). The Bertz CT molecular complexity index is 323. The molecule has 0 radical (unpaired) electrons. The van der Waals surface area contributed by atoms with Crippen LogP contribution in [0.25, 0.3) is 0 Å². The van der Waals surface area contributed by atoms with Crippen molar-refractivity contribution in [3.8, 4) is 0 Å². The van der Waals surface area contributed by atoms with Crippen molar-refractivity contribution in [2.75, 3.05) is 25.1 Å². The third kappa shape index (κ3) is 3.86. The summed E-state index contributed by atoms with van der Waals surface area (Å²) in [7, 11) is 2.14. The van der Waals surface area contributed by atoms with Crippen LogP contribution in [0.15, 0.2) is 18.2 Å². The van der Waals surface area contributed by atoms with Crippen molar-refractivity contribution in [2.24, 2.45) is 0 Å². The summed E-state index contributed by atoms with van der Waals surface area (Å²) in [5, 5.41) is 8.72. The second-order valence-electron chi connectivity index (χ2n) is 4.50. The molecular weight excluding hydrogens is 198 g/mol. The zero-order valence-corrected chi connectivity index (χ0v) is 10.7. The standard InChI is InChI=1S/C14H23NO/c1-12-7-8-13(2)14(11-12)15(3)9-5-4-6-10-16/h7-8,11,16H,4-6,9-10H2,1-3H3. The minimum Gasteiger partial charge on any atom is -0.396 e. The van der Waals surface area contributed by atoms with Crippen LogP contribution in [0.5, 0.6) is 0 Å². The van der Waals surface area contributed by atoms with Crippen LogP contribution in [-0.4, -0.2) is 25.3 Å². The van der Waals surface area contributed by atoms with Crippen molar-refractivity contribution in [2.45, 2.75) is 33.1 Å². The van der Waals surface area contributed by atoms with Crippen molar-refractivity contribution in [1.82, 2.24) is 0 Å². The van der Waals surface area contributed by atoms with Gasteiger partial charge in [-0.25, -0.2) is 0 Å². The van der Waals surface area contributed by atoms with E-state index in [-0.39, 0.29) is 0 Å². The summed E-state index contributed by atoms with van der Waals surface area (Å²) in [4.78, 5) is 2.31. The Hall–Kier alpha value is -1.02. The monoisotopic (exact) mass is 221 g/mol. The maximum absolute atomic E-state index is 8.72. The lowest BCUT2D eigenvalue weighted by molar-refractivity contribution is 0.283. The second kappa shape index (κ2) is 6.54. The number of unbranched alkanes of at least 4 members (excludes halogenated alkanes) is 2. The fourth-order valence-electron chi connectivity index (χ4n) is 1.89. The smallest absolute Gasteiger partial charge is 0.0431 e. The van der Waals surface area contributed by atoms with Gasteiger partial charge in [0.15, 0.2) is 0 Å². The molecule has 0 aliphatic carbocycles. The molecule has 0 bridgehead atoms. The molecule has 1 aromatic rings. The molecule has 2 nitrogen and oxygen atoms in total. The van der Waals surface area contributed by atoms with Gasteiger partial charge in [0.1, 0.15) is 0 Å². The van der Waals surface area contributed by atoms with Crippen LogP contribution in [-0.2, 0) is 0 Å². The van der Waals surface area contributed by atoms with Gasteiger partial charge < -0.3 is 10.0 Å². The Kier molecular flexibility index (Phi) is 5.33. The topological polar surface area (TPSA) is 23.5 Å². The molecule has 2 heteroatoms. The van der Waals surface area contributed by atoms with Crippen molar-refractivity contribution >= 4 is 5.69 Å². The lowest BCUT2D eigenvalue weighted by Crippen LogP contribution is -2.19. The molecule has 0 aliphatic heterocycles. The summed E-state index contributed by atoms with van der Waals surface area (Å²) in [6, 6.07) is 6.56. The summed E-state index contributed by atoms with van der Waals surface area (Å²) in [6.45, 7) is 5.65. The van der Waals surface area contributed by atoms with Crippen molar-refractivity contribution in [3.05, 3.63) is 29.3 Å². The van der Waals surface area contributed by atoms with Gasteiger partial charge in [-0.05, 0) is 50.3 Å². The molecule has 1 aromatic carbocycles. The lowest BCUT2D eigenvalue weighted by Gasteiger charge is -2.21. The van der Waals surface area contributed by atoms with Crippen LogP contribution in [0.3, 0.4) is 0 Å². The minimum atomic E-state index is 0.313. The van der Waals surface area contributed by atoms with E-state index in [0.717, 1.165) is 25.8 Å². The quantitative estimate of drug-likeness (QED) is 0.747. The number of benzene rings is 1. The summed E-state index contributed by atoms with van der Waals surface area (Å²) < 4.78 is 0. The van der Waals surface area contributed by atoms with Crippen LogP contribution in [0.1, 0.15) is 30.4 Å². The maximum atomic E-state index is 8.72. The van der Waals surface area contributed by atoms with Crippen LogP contribution in [0, 0.1) is 13.8 Å². The minimum absolute atomic E-state index is 0.313. The molecule has 0 unspecified atom stereocenters. The summed E-state index contributed by atoms with van der Waals surface area (Å²) in [5.41, 5.74) is 3.96. The maximum Gasteiger partial charge on any atom is 0.0431 e. The number of aliphatic hydroxyl groups is 1. The molecule has 1 N–H and O–H groups in total. The first-order valence-corrected chi connectivity index (χ1v) is 6.04. The zero-order chi connectivity index (χ0) is 12.0. The van der Waals surface area contributed by atoms with Gasteiger partial charge in [-0.3, -0.25) is 0 Å². The molecule has 0 aromatic heterocycles. The fraction of sp³-hybridized carbons (Fsp3) is 0.571. The van der Waals surface area contributed by atoms with E-state index in [1.807, 2.05) is 0 Å². The number of hydrogen-bond acceptors (Lipinski definition) is 2. The highest BCUT2D eigenvalue weighted by Crippen LogP contribution is 2.20. The Morgan fingerprint density at radius 1 is 1.12 bits per heavy atom. The van der Waals surface area contributed by atoms with Crippen molar-refractivity contribution < 1.29 is 5.11 Å². The first-order valence-electron chi connectivity index (χ1n) is 6.04. The Morgan fingerprint density at radius 2 is 1.88 bits per heavy atom. The Labute approximate surface area is 98.9 Å². The molecular formula is C14H23NO. The number of nitrogens with zero attached hydrogens (tertiary/aromatic N) is 1. The Balaban J connectivity index is 2.51. The van der Waals surface area contributed by atoms with E-state index in [4.69, 9.17) is 5.11 Å². The molecule has 0 fully saturated rings. The van der Waals surface area contributed by atoms with Gasteiger partial charge in [-0.1, -0.05) is 12.1 Å². The van der Waals surface area contributed by atoms with Crippen LogP contribution >= 0.6 is 0 Å². The average Bonchev–Trinajstić information content (AvgIpc) is 2.27. The van der Waals surface area contributed by atoms with E-state index in [9.17, 15) is 0 Å².